The summed E-state index contributed by atoms with van der Waals surface area (Å²) in [4.78, 5) is 22.8. The Morgan fingerprint density at radius 2 is 1.52 bits per heavy atom. The van der Waals surface area contributed by atoms with Crippen LogP contribution in [0.5, 0.6) is 5.75 Å². The van der Waals surface area contributed by atoms with Crippen LogP contribution in [0.1, 0.15) is 71.7 Å². The van der Waals surface area contributed by atoms with Gasteiger partial charge in [0.1, 0.15) is 12.0 Å². The van der Waals surface area contributed by atoms with Gasteiger partial charge in [0.2, 0.25) is 0 Å². The minimum Gasteiger partial charge on any atom is -0.423 e. The summed E-state index contributed by atoms with van der Waals surface area (Å²) in [6.07, 6.45) is 9.50. The molecule has 0 N–H and O–H groups in total. The van der Waals surface area contributed by atoms with Crippen LogP contribution >= 0.6 is 0 Å². The Morgan fingerprint density at radius 3 is 2.16 bits per heavy atom. The van der Waals surface area contributed by atoms with Crippen LogP contribution in [-0.2, 0) is 6.42 Å². The molecule has 0 saturated carbocycles. The first-order valence-electron chi connectivity index (χ1n) is 9.09. The Balaban J connectivity index is 1.79. The first kappa shape index (κ1) is 18.9. The van der Waals surface area contributed by atoms with Crippen molar-refractivity contribution in [2.75, 3.05) is 0 Å². The van der Waals surface area contributed by atoms with Gasteiger partial charge in [0.05, 0.1) is 5.56 Å². The Bertz CT molecular complexity index is 657. The zero-order chi connectivity index (χ0) is 17.9. The zero-order valence-electron chi connectivity index (χ0n) is 14.9. The Hall–Kier alpha value is -2.42. The Morgan fingerprint density at radius 1 is 0.880 bits per heavy atom. The van der Waals surface area contributed by atoms with Crippen LogP contribution in [-0.4, -0.2) is 12.3 Å². The van der Waals surface area contributed by atoms with Crippen LogP contribution < -0.4 is 4.74 Å². The van der Waals surface area contributed by atoms with Crippen molar-refractivity contribution in [1.29, 1.82) is 0 Å². The van der Waals surface area contributed by atoms with Gasteiger partial charge in [-0.25, -0.2) is 4.79 Å². The SMILES string of the molecule is CCCCCCCCc1ccc(C(=O)Oc2ccc(C=O)cc2)cc1. The number of rotatable bonds is 10. The molecule has 3 heteroatoms. The van der Waals surface area contributed by atoms with Gasteiger partial charge in [-0.3, -0.25) is 4.79 Å². The summed E-state index contributed by atoms with van der Waals surface area (Å²) >= 11 is 0. The van der Waals surface area contributed by atoms with Crippen molar-refractivity contribution < 1.29 is 14.3 Å². The van der Waals surface area contributed by atoms with E-state index in [-0.39, 0.29) is 5.97 Å². The summed E-state index contributed by atoms with van der Waals surface area (Å²) < 4.78 is 5.32. The van der Waals surface area contributed by atoms with Crippen LogP contribution in [0, 0.1) is 0 Å². The number of aryl methyl sites for hydroxylation is 1. The van der Waals surface area contributed by atoms with Crippen molar-refractivity contribution in [1.82, 2.24) is 0 Å². The van der Waals surface area contributed by atoms with Gasteiger partial charge in [-0.15, -0.1) is 0 Å². The van der Waals surface area contributed by atoms with Gasteiger partial charge in [-0.2, -0.15) is 0 Å². The minimum atomic E-state index is -0.384. The highest BCUT2D eigenvalue weighted by Crippen LogP contribution is 2.15. The van der Waals surface area contributed by atoms with Gasteiger partial charge in [-0.1, -0.05) is 51.2 Å². The Labute approximate surface area is 150 Å². The van der Waals surface area contributed by atoms with Crippen LogP contribution in [0.4, 0.5) is 0 Å². The molecule has 0 fully saturated rings. The predicted molar refractivity (Wildman–Crippen MR) is 100 cm³/mol. The van der Waals surface area contributed by atoms with Gasteiger partial charge >= 0.3 is 5.97 Å². The molecule has 2 rings (SSSR count). The lowest BCUT2D eigenvalue weighted by atomic mass is 10.0. The normalized spacial score (nSPS) is 10.4. The Kier molecular flexibility index (Phi) is 7.90. The van der Waals surface area contributed by atoms with E-state index >= 15 is 0 Å². The van der Waals surface area contributed by atoms with E-state index in [1.54, 1.807) is 24.3 Å². The quantitative estimate of drug-likeness (QED) is 0.244. The maximum absolute atomic E-state index is 12.1. The summed E-state index contributed by atoms with van der Waals surface area (Å²) in [6.45, 7) is 2.23. The van der Waals surface area contributed by atoms with Crippen molar-refractivity contribution in [3.63, 3.8) is 0 Å². The number of aldehydes is 1. The van der Waals surface area contributed by atoms with E-state index in [1.165, 1.54) is 44.1 Å². The standard InChI is InChI=1S/C22H26O3/c1-2-3-4-5-6-7-8-18-9-13-20(14-10-18)22(24)25-21-15-11-19(17-23)12-16-21/h9-17H,2-8H2,1H3. The fourth-order valence-electron chi connectivity index (χ4n) is 2.70. The van der Waals surface area contributed by atoms with Crippen molar-refractivity contribution in [3.05, 3.63) is 65.2 Å². The molecule has 132 valence electrons. The van der Waals surface area contributed by atoms with E-state index in [1.807, 2.05) is 24.3 Å². The molecule has 2 aromatic rings. The molecule has 0 spiro atoms. The third-order valence-electron chi connectivity index (χ3n) is 4.24. The van der Waals surface area contributed by atoms with E-state index in [9.17, 15) is 9.59 Å². The van der Waals surface area contributed by atoms with Crippen LogP contribution in [0.2, 0.25) is 0 Å². The lowest BCUT2D eigenvalue weighted by Crippen LogP contribution is -2.08. The van der Waals surface area contributed by atoms with Gasteiger partial charge in [0.15, 0.2) is 0 Å². The molecule has 0 aromatic heterocycles. The van der Waals surface area contributed by atoms with Crippen LogP contribution in [0.25, 0.3) is 0 Å². The van der Waals surface area contributed by atoms with E-state index in [2.05, 4.69) is 6.92 Å². The minimum absolute atomic E-state index is 0.384. The number of carbonyl (C=O) groups excluding carboxylic acids is 2. The summed E-state index contributed by atoms with van der Waals surface area (Å²) in [5, 5.41) is 0. The van der Waals surface area contributed by atoms with Crippen molar-refractivity contribution in [2.24, 2.45) is 0 Å². The number of hydrogen-bond donors (Lipinski definition) is 0. The molecule has 0 bridgehead atoms. The lowest BCUT2D eigenvalue weighted by molar-refractivity contribution is 0.0734. The topological polar surface area (TPSA) is 43.4 Å². The number of benzene rings is 2. The second-order valence-corrected chi connectivity index (χ2v) is 6.29. The number of unbranched alkanes of at least 4 members (excludes halogenated alkanes) is 5. The molecule has 2 aromatic carbocycles. The highest BCUT2D eigenvalue weighted by molar-refractivity contribution is 5.91. The van der Waals surface area contributed by atoms with E-state index in [0.717, 1.165) is 12.7 Å². The molecular weight excluding hydrogens is 312 g/mol. The molecule has 0 heterocycles. The molecule has 0 aliphatic rings. The first-order valence-corrected chi connectivity index (χ1v) is 9.09. The maximum atomic E-state index is 12.1. The number of esters is 1. The molecule has 0 aliphatic heterocycles. The molecule has 3 nitrogen and oxygen atoms in total. The third kappa shape index (κ3) is 6.54. The van der Waals surface area contributed by atoms with Crippen LogP contribution in [0.3, 0.4) is 0 Å². The summed E-state index contributed by atoms with van der Waals surface area (Å²) in [7, 11) is 0. The van der Waals surface area contributed by atoms with Crippen molar-refractivity contribution in [2.45, 2.75) is 51.9 Å². The van der Waals surface area contributed by atoms with E-state index in [4.69, 9.17) is 4.74 Å². The molecule has 0 saturated heterocycles. The zero-order valence-corrected chi connectivity index (χ0v) is 14.9. The third-order valence-corrected chi connectivity index (χ3v) is 4.24. The molecular formula is C22H26O3. The second-order valence-electron chi connectivity index (χ2n) is 6.29. The monoisotopic (exact) mass is 338 g/mol. The highest BCUT2D eigenvalue weighted by atomic mass is 16.5. The maximum Gasteiger partial charge on any atom is 0.343 e. The molecule has 0 atom stereocenters. The fourth-order valence-corrected chi connectivity index (χ4v) is 2.70. The van der Waals surface area contributed by atoms with Gasteiger partial charge < -0.3 is 4.74 Å². The van der Waals surface area contributed by atoms with E-state index < -0.39 is 0 Å². The average molecular weight is 338 g/mol. The number of carbonyl (C=O) groups is 2. The largest absolute Gasteiger partial charge is 0.423 e. The lowest BCUT2D eigenvalue weighted by Gasteiger charge is -2.06. The molecule has 0 amide bonds. The smallest absolute Gasteiger partial charge is 0.343 e. The van der Waals surface area contributed by atoms with Crippen molar-refractivity contribution in [3.8, 4) is 5.75 Å². The predicted octanol–water partition coefficient (Wildman–Crippen LogP) is 5.62. The van der Waals surface area contributed by atoms with Gasteiger partial charge in [0, 0.05) is 5.56 Å². The molecule has 0 aliphatic carbocycles. The second kappa shape index (κ2) is 10.4. The number of ether oxygens (including phenoxy) is 1. The highest BCUT2D eigenvalue weighted by Gasteiger charge is 2.08. The molecule has 0 unspecified atom stereocenters. The molecule has 0 radical (unpaired) electrons. The van der Waals surface area contributed by atoms with Gasteiger partial charge in [-0.05, 0) is 54.8 Å². The first-order chi connectivity index (χ1) is 12.2. The van der Waals surface area contributed by atoms with E-state index in [0.29, 0.717) is 16.9 Å². The average Bonchev–Trinajstić information content (AvgIpc) is 2.65. The van der Waals surface area contributed by atoms with Crippen LogP contribution in [0.15, 0.2) is 48.5 Å². The number of hydrogen-bond acceptors (Lipinski definition) is 3. The summed E-state index contributed by atoms with van der Waals surface area (Å²) in [6, 6.07) is 14.1. The molecule has 25 heavy (non-hydrogen) atoms. The summed E-state index contributed by atoms with van der Waals surface area (Å²) in [5.41, 5.74) is 2.34. The summed E-state index contributed by atoms with van der Waals surface area (Å²) in [5.74, 6) is 0.0525. The van der Waals surface area contributed by atoms with Crippen molar-refractivity contribution >= 4 is 12.3 Å². The van der Waals surface area contributed by atoms with Gasteiger partial charge in [0.25, 0.3) is 0 Å². The fraction of sp³-hybridized carbons (Fsp3) is 0.364.